The van der Waals surface area contributed by atoms with E-state index in [1.54, 1.807) is 7.05 Å². The monoisotopic (exact) mass is 284 g/mol. The van der Waals surface area contributed by atoms with E-state index in [9.17, 15) is 8.78 Å². The van der Waals surface area contributed by atoms with Crippen molar-refractivity contribution in [2.75, 3.05) is 7.05 Å². The van der Waals surface area contributed by atoms with Crippen molar-refractivity contribution in [1.82, 2.24) is 10.3 Å². The Labute approximate surface area is 121 Å². The standard InChI is InChI=1S/C17H14F2N2/c1-20-17(12-8-13(18)10-14(19)9-12)16-7-6-11-4-2-3-5-15(11)21-16/h2-10,17,20H,1H3. The molecule has 0 saturated carbocycles. The molecule has 3 aromatic rings. The Bertz CT molecular complexity index is 766. The Kier molecular flexibility index (Phi) is 3.62. The number of benzene rings is 2. The Morgan fingerprint density at radius 3 is 2.38 bits per heavy atom. The van der Waals surface area contributed by atoms with Gasteiger partial charge in [-0.15, -0.1) is 0 Å². The number of nitrogens with zero attached hydrogens (tertiary/aromatic N) is 1. The van der Waals surface area contributed by atoms with Gasteiger partial charge in [-0.05, 0) is 36.9 Å². The Morgan fingerprint density at radius 1 is 0.952 bits per heavy atom. The van der Waals surface area contributed by atoms with Crippen molar-refractivity contribution in [3.63, 3.8) is 0 Å². The molecule has 3 rings (SSSR count). The first-order valence-electron chi connectivity index (χ1n) is 6.66. The van der Waals surface area contributed by atoms with Crippen LogP contribution < -0.4 is 5.32 Å². The number of fused-ring (bicyclic) bond motifs is 1. The normalized spacial score (nSPS) is 12.5. The number of nitrogens with one attached hydrogen (secondary N) is 1. The molecular weight excluding hydrogens is 270 g/mol. The highest BCUT2D eigenvalue weighted by atomic mass is 19.1. The van der Waals surface area contributed by atoms with Gasteiger partial charge in [-0.2, -0.15) is 0 Å². The fourth-order valence-electron chi connectivity index (χ4n) is 2.47. The highest BCUT2D eigenvalue weighted by Gasteiger charge is 2.15. The molecule has 0 amide bonds. The molecule has 0 aliphatic heterocycles. The van der Waals surface area contributed by atoms with Crippen molar-refractivity contribution in [1.29, 1.82) is 0 Å². The van der Waals surface area contributed by atoms with Crippen molar-refractivity contribution in [3.8, 4) is 0 Å². The lowest BCUT2D eigenvalue weighted by Crippen LogP contribution is -2.19. The second-order valence-corrected chi connectivity index (χ2v) is 4.85. The summed E-state index contributed by atoms with van der Waals surface area (Å²) in [5.74, 6) is -1.18. The van der Waals surface area contributed by atoms with Gasteiger partial charge in [0.15, 0.2) is 0 Å². The van der Waals surface area contributed by atoms with Crippen LogP contribution in [-0.4, -0.2) is 12.0 Å². The number of para-hydroxylation sites is 1. The topological polar surface area (TPSA) is 24.9 Å². The van der Waals surface area contributed by atoms with E-state index in [1.165, 1.54) is 12.1 Å². The van der Waals surface area contributed by atoms with Crippen LogP contribution in [0.15, 0.2) is 54.6 Å². The average molecular weight is 284 g/mol. The quantitative estimate of drug-likeness (QED) is 0.791. The first-order valence-corrected chi connectivity index (χ1v) is 6.66. The molecule has 0 aliphatic rings. The zero-order chi connectivity index (χ0) is 14.8. The zero-order valence-corrected chi connectivity index (χ0v) is 11.5. The van der Waals surface area contributed by atoms with Crippen molar-refractivity contribution in [2.45, 2.75) is 6.04 Å². The number of hydrogen-bond donors (Lipinski definition) is 1. The van der Waals surface area contributed by atoms with Gasteiger partial charge in [0.05, 0.1) is 17.3 Å². The van der Waals surface area contributed by atoms with Gasteiger partial charge >= 0.3 is 0 Å². The minimum absolute atomic E-state index is 0.361. The summed E-state index contributed by atoms with van der Waals surface area (Å²) < 4.78 is 26.8. The summed E-state index contributed by atoms with van der Waals surface area (Å²) >= 11 is 0. The average Bonchev–Trinajstić information content (AvgIpc) is 2.47. The maximum atomic E-state index is 13.4. The molecule has 0 radical (unpaired) electrons. The van der Waals surface area contributed by atoms with E-state index in [2.05, 4.69) is 10.3 Å². The van der Waals surface area contributed by atoms with Gasteiger partial charge < -0.3 is 5.32 Å². The summed E-state index contributed by atoms with van der Waals surface area (Å²) in [6.45, 7) is 0. The Balaban J connectivity index is 2.08. The van der Waals surface area contributed by atoms with Crippen LogP contribution in [0.3, 0.4) is 0 Å². The molecule has 2 aromatic carbocycles. The molecule has 1 atom stereocenters. The molecule has 0 fully saturated rings. The van der Waals surface area contributed by atoms with Crippen LogP contribution >= 0.6 is 0 Å². The lowest BCUT2D eigenvalue weighted by Gasteiger charge is -2.17. The summed E-state index contributed by atoms with van der Waals surface area (Å²) in [6.07, 6.45) is 0. The molecular formula is C17H14F2N2. The third kappa shape index (κ3) is 2.76. The summed E-state index contributed by atoms with van der Waals surface area (Å²) in [6, 6.07) is 14.7. The van der Waals surface area contributed by atoms with E-state index in [-0.39, 0.29) is 6.04 Å². The van der Waals surface area contributed by atoms with Crippen LogP contribution in [0, 0.1) is 11.6 Å². The summed E-state index contributed by atoms with van der Waals surface area (Å²) in [4.78, 5) is 4.57. The van der Waals surface area contributed by atoms with E-state index in [0.29, 0.717) is 5.56 Å². The second kappa shape index (κ2) is 5.58. The number of hydrogen-bond acceptors (Lipinski definition) is 2. The van der Waals surface area contributed by atoms with E-state index in [4.69, 9.17) is 0 Å². The van der Waals surface area contributed by atoms with Crippen LogP contribution in [0.25, 0.3) is 10.9 Å². The van der Waals surface area contributed by atoms with Gasteiger partial charge in [0.25, 0.3) is 0 Å². The Morgan fingerprint density at radius 2 is 1.67 bits per heavy atom. The predicted octanol–water partition coefficient (Wildman–Crippen LogP) is 3.82. The lowest BCUT2D eigenvalue weighted by atomic mass is 10.0. The molecule has 1 aromatic heterocycles. The van der Waals surface area contributed by atoms with Crippen LogP contribution in [0.1, 0.15) is 17.3 Å². The predicted molar refractivity (Wildman–Crippen MR) is 79.0 cm³/mol. The molecule has 21 heavy (non-hydrogen) atoms. The molecule has 1 heterocycles. The SMILES string of the molecule is CNC(c1cc(F)cc(F)c1)c1ccc2ccccc2n1. The fourth-order valence-corrected chi connectivity index (χ4v) is 2.47. The zero-order valence-electron chi connectivity index (χ0n) is 11.5. The minimum Gasteiger partial charge on any atom is -0.308 e. The van der Waals surface area contributed by atoms with Crippen LogP contribution in [-0.2, 0) is 0 Å². The molecule has 0 bridgehead atoms. The van der Waals surface area contributed by atoms with Crippen LogP contribution in [0.4, 0.5) is 8.78 Å². The van der Waals surface area contributed by atoms with Gasteiger partial charge in [-0.1, -0.05) is 24.3 Å². The molecule has 1 N–H and O–H groups in total. The fraction of sp³-hybridized carbons (Fsp3) is 0.118. The maximum Gasteiger partial charge on any atom is 0.126 e. The smallest absolute Gasteiger partial charge is 0.126 e. The van der Waals surface area contributed by atoms with E-state index >= 15 is 0 Å². The summed E-state index contributed by atoms with van der Waals surface area (Å²) in [5.41, 5.74) is 2.09. The molecule has 106 valence electrons. The van der Waals surface area contributed by atoms with Gasteiger partial charge in [-0.3, -0.25) is 4.98 Å². The number of aromatic nitrogens is 1. The molecule has 0 spiro atoms. The number of rotatable bonds is 3. The van der Waals surface area contributed by atoms with E-state index in [1.807, 2.05) is 36.4 Å². The first-order chi connectivity index (χ1) is 10.2. The molecule has 2 nitrogen and oxygen atoms in total. The molecule has 0 aliphatic carbocycles. The van der Waals surface area contributed by atoms with Crippen LogP contribution in [0.5, 0.6) is 0 Å². The lowest BCUT2D eigenvalue weighted by molar-refractivity contribution is 0.570. The molecule has 4 heteroatoms. The van der Waals surface area contributed by atoms with Gasteiger partial charge in [-0.25, -0.2) is 8.78 Å². The van der Waals surface area contributed by atoms with Gasteiger partial charge in [0.2, 0.25) is 0 Å². The highest BCUT2D eigenvalue weighted by molar-refractivity contribution is 5.78. The minimum atomic E-state index is -0.592. The third-order valence-electron chi connectivity index (χ3n) is 3.42. The maximum absolute atomic E-state index is 13.4. The second-order valence-electron chi connectivity index (χ2n) is 4.85. The summed E-state index contributed by atoms with van der Waals surface area (Å²) in [5, 5.41) is 4.09. The number of pyridine rings is 1. The number of halogens is 2. The van der Waals surface area contributed by atoms with Crippen molar-refractivity contribution in [2.24, 2.45) is 0 Å². The van der Waals surface area contributed by atoms with Crippen LogP contribution in [0.2, 0.25) is 0 Å². The molecule has 1 unspecified atom stereocenters. The third-order valence-corrected chi connectivity index (χ3v) is 3.42. The largest absolute Gasteiger partial charge is 0.308 e. The van der Waals surface area contributed by atoms with E-state index in [0.717, 1.165) is 22.7 Å². The first kappa shape index (κ1) is 13.6. The summed E-state index contributed by atoms with van der Waals surface area (Å²) in [7, 11) is 1.74. The van der Waals surface area contributed by atoms with Gasteiger partial charge in [0.1, 0.15) is 11.6 Å². The highest BCUT2D eigenvalue weighted by Crippen LogP contribution is 2.24. The van der Waals surface area contributed by atoms with E-state index < -0.39 is 11.6 Å². The van der Waals surface area contributed by atoms with Gasteiger partial charge in [0, 0.05) is 11.5 Å². The Hall–Kier alpha value is -2.33. The van der Waals surface area contributed by atoms with Crippen molar-refractivity contribution in [3.05, 3.63) is 77.5 Å². The van der Waals surface area contributed by atoms with Crippen molar-refractivity contribution < 1.29 is 8.78 Å². The van der Waals surface area contributed by atoms with Crippen molar-refractivity contribution >= 4 is 10.9 Å². The molecule has 0 saturated heterocycles.